The molecule has 2 amide bonds. The summed E-state index contributed by atoms with van der Waals surface area (Å²) in [6.07, 6.45) is 0.579. The van der Waals surface area contributed by atoms with Crippen LogP contribution in [0.1, 0.15) is 39.4 Å². The van der Waals surface area contributed by atoms with E-state index in [2.05, 4.69) is 24.5 Å². The Morgan fingerprint density at radius 3 is 2.79 bits per heavy atom. The summed E-state index contributed by atoms with van der Waals surface area (Å²) < 4.78 is 15.2. The van der Waals surface area contributed by atoms with E-state index in [9.17, 15) is 14.0 Å². The Kier molecular flexibility index (Phi) is 5.32. The maximum absolute atomic E-state index is 14.5. The second-order valence-electron chi connectivity index (χ2n) is 8.36. The summed E-state index contributed by atoms with van der Waals surface area (Å²) >= 11 is 3.25. The fourth-order valence-corrected chi connectivity index (χ4v) is 5.22. The maximum atomic E-state index is 14.5. The molecule has 0 unspecified atom stereocenters. The van der Waals surface area contributed by atoms with Crippen molar-refractivity contribution in [1.29, 1.82) is 0 Å². The number of benzene rings is 1. The van der Waals surface area contributed by atoms with Crippen molar-refractivity contribution >= 4 is 56.4 Å². The van der Waals surface area contributed by atoms with Gasteiger partial charge in [0.2, 0.25) is 0 Å². The molecule has 2 aliphatic rings. The van der Waals surface area contributed by atoms with Gasteiger partial charge in [-0.05, 0) is 58.2 Å². The Bertz CT molecular complexity index is 1000. The number of rotatable bonds is 3. The van der Waals surface area contributed by atoms with Crippen LogP contribution in [-0.2, 0) is 6.42 Å². The molecule has 0 spiro atoms. The van der Waals surface area contributed by atoms with Crippen LogP contribution in [0.15, 0.2) is 18.2 Å². The minimum Gasteiger partial charge on any atom is -0.351 e. The molecule has 29 heavy (non-hydrogen) atoms. The van der Waals surface area contributed by atoms with Gasteiger partial charge in [-0.15, -0.1) is 11.3 Å². The van der Waals surface area contributed by atoms with Gasteiger partial charge in [-0.3, -0.25) is 9.59 Å². The highest BCUT2D eigenvalue weighted by Crippen LogP contribution is 2.41. The molecule has 154 valence electrons. The molecule has 1 fully saturated rings. The summed E-state index contributed by atoms with van der Waals surface area (Å²) in [4.78, 5) is 28.2. The first kappa shape index (κ1) is 20.5. The Balaban J connectivity index is 1.81. The van der Waals surface area contributed by atoms with Crippen molar-refractivity contribution in [1.82, 2.24) is 10.2 Å². The van der Waals surface area contributed by atoms with Gasteiger partial charge in [0.25, 0.3) is 11.8 Å². The first-order valence-corrected chi connectivity index (χ1v) is 11.2. The van der Waals surface area contributed by atoms with Crippen LogP contribution in [0, 0.1) is 14.8 Å². The number of carbonyl (C=O) groups excluding carboxylic acids is 2. The molecular weight excluding hydrogens is 506 g/mol. The SMILES string of the molecule is CC1(C)CNC(=O)c2sc(Nc3ccc(I)cc3F)c(C(=O)N3CC(N)C3)c2C1. The van der Waals surface area contributed by atoms with Gasteiger partial charge in [0, 0.05) is 29.2 Å². The number of hydrogen-bond donors (Lipinski definition) is 3. The lowest BCUT2D eigenvalue weighted by atomic mass is 9.85. The second kappa shape index (κ2) is 7.51. The summed E-state index contributed by atoms with van der Waals surface area (Å²) in [7, 11) is 0. The molecule has 0 bridgehead atoms. The lowest BCUT2D eigenvalue weighted by Crippen LogP contribution is -2.58. The number of hydrogen-bond acceptors (Lipinski definition) is 5. The van der Waals surface area contributed by atoms with Gasteiger partial charge in [0.1, 0.15) is 10.8 Å². The topological polar surface area (TPSA) is 87.5 Å². The Labute approximate surface area is 186 Å². The molecule has 4 N–H and O–H groups in total. The molecule has 3 heterocycles. The highest BCUT2D eigenvalue weighted by atomic mass is 127. The van der Waals surface area contributed by atoms with Gasteiger partial charge in [-0.2, -0.15) is 0 Å². The minimum absolute atomic E-state index is 0.0269. The average molecular weight is 528 g/mol. The van der Waals surface area contributed by atoms with Crippen molar-refractivity contribution in [3.8, 4) is 0 Å². The monoisotopic (exact) mass is 528 g/mol. The fourth-order valence-electron chi connectivity index (χ4n) is 3.62. The number of amides is 2. The largest absolute Gasteiger partial charge is 0.351 e. The van der Waals surface area contributed by atoms with Crippen LogP contribution >= 0.6 is 33.9 Å². The van der Waals surface area contributed by atoms with E-state index in [1.165, 1.54) is 17.4 Å². The van der Waals surface area contributed by atoms with Crippen molar-refractivity contribution in [2.45, 2.75) is 26.3 Å². The molecule has 0 saturated carbocycles. The van der Waals surface area contributed by atoms with Crippen molar-refractivity contribution in [3.63, 3.8) is 0 Å². The first-order chi connectivity index (χ1) is 13.6. The highest BCUT2D eigenvalue weighted by Gasteiger charge is 2.38. The van der Waals surface area contributed by atoms with Crippen molar-refractivity contribution in [2.75, 3.05) is 25.0 Å². The van der Waals surface area contributed by atoms with Crippen LogP contribution in [0.5, 0.6) is 0 Å². The second-order valence-corrected chi connectivity index (χ2v) is 10.6. The standard InChI is InChI=1S/C20H22FIN4O2S/c1-20(2)6-12-15(19(28)26-7-11(23)8-26)18(29-16(12)17(27)24-9-20)25-14-4-3-10(22)5-13(14)21/h3-5,11,25H,6-9,23H2,1-2H3,(H,24,27). The molecular formula is C20H22FIN4O2S. The Hall–Kier alpha value is -1.72. The zero-order chi connectivity index (χ0) is 20.9. The number of nitrogens with two attached hydrogens (primary N) is 1. The third-order valence-corrected chi connectivity index (χ3v) is 7.00. The molecule has 9 heteroatoms. The lowest BCUT2D eigenvalue weighted by molar-refractivity contribution is 0.0608. The van der Waals surface area contributed by atoms with Gasteiger partial charge in [-0.25, -0.2) is 4.39 Å². The molecule has 2 aliphatic heterocycles. The molecule has 2 aromatic rings. The first-order valence-electron chi connectivity index (χ1n) is 9.35. The Morgan fingerprint density at radius 2 is 2.14 bits per heavy atom. The zero-order valence-electron chi connectivity index (χ0n) is 16.1. The fraction of sp³-hybridized carbons (Fsp3) is 0.400. The highest BCUT2D eigenvalue weighted by molar-refractivity contribution is 14.1. The van der Waals surface area contributed by atoms with E-state index >= 15 is 0 Å². The molecule has 1 saturated heterocycles. The Morgan fingerprint density at radius 1 is 1.41 bits per heavy atom. The van der Waals surface area contributed by atoms with E-state index in [-0.39, 0.29) is 29.0 Å². The van der Waals surface area contributed by atoms with Crippen LogP contribution in [0.25, 0.3) is 0 Å². The average Bonchev–Trinajstić information content (AvgIpc) is 2.91. The van der Waals surface area contributed by atoms with E-state index < -0.39 is 5.82 Å². The number of carbonyl (C=O) groups is 2. The number of anilines is 2. The summed E-state index contributed by atoms with van der Waals surface area (Å²) in [5.74, 6) is -0.765. The normalized spacial score (nSPS) is 18.5. The van der Waals surface area contributed by atoms with E-state index in [1.54, 1.807) is 17.0 Å². The summed E-state index contributed by atoms with van der Waals surface area (Å²) in [5, 5.41) is 6.51. The maximum Gasteiger partial charge on any atom is 0.261 e. The van der Waals surface area contributed by atoms with E-state index in [4.69, 9.17) is 5.73 Å². The summed E-state index contributed by atoms with van der Waals surface area (Å²) in [6, 6.07) is 4.82. The molecule has 4 rings (SSSR count). The number of nitrogens with zero attached hydrogens (tertiary/aromatic N) is 1. The van der Waals surface area contributed by atoms with Crippen molar-refractivity contribution in [3.05, 3.63) is 43.6 Å². The van der Waals surface area contributed by atoms with Crippen molar-refractivity contribution < 1.29 is 14.0 Å². The quantitative estimate of drug-likeness (QED) is 0.534. The van der Waals surface area contributed by atoms with Crippen LogP contribution in [0.2, 0.25) is 0 Å². The van der Waals surface area contributed by atoms with Gasteiger partial charge in [0.05, 0.1) is 16.1 Å². The minimum atomic E-state index is -0.408. The predicted molar refractivity (Wildman–Crippen MR) is 120 cm³/mol. The van der Waals surface area contributed by atoms with Gasteiger partial charge in [-0.1, -0.05) is 13.8 Å². The van der Waals surface area contributed by atoms with E-state index in [1.807, 2.05) is 22.6 Å². The van der Waals surface area contributed by atoms with Crippen LogP contribution in [0.4, 0.5) is 15.1 Å². The molecule has 0 radical (unpaired) electrons. The van der Waals surface area contributed by atoms with Crippen LogP contribution in [0.3, 0.4) is 0 Å². The zero-order valence-corrected chi connectivity index (χ0v) is 19.1. The number of likely N-dealkylation sites (tertiary alicyclic amines) is 1. The lowest BCUT2D eigenvalue weighted by Gasteiger charge is -2.37. The smallest absolute Gasteiger partial charge is 0.261 e. The summed E-state index contributed by atoms with van der Waals surface area (Å²) in [5.41, 5.74) is 7.12. The van der Waals surface area contributed by atoms with E-state index in [0.29, 0.717) is 41.5 Å². The van der Waals surface area contributed by atoms with E-state index in [0.717, 1.165) is 9.13 Å². The number of fused-ring (bicyclic) bond motifs is 1. The van der Waals surface area contributed by atoms with Gasteiger partial charge < -0.3 is 21.3 Å². The van der Waals surface area contributed by atoms with Gasteiger partial charge in [0.15, 0.2) is 0 Å². The molecule has 0 aliphatic carbocycles. The number of thiophene rings is 1. The number of nitrogens with one attached hydrogen (secondary N) is 2. The van der Waals surface area contributed by atoms with Gasteiger partial charge >= 0.3 is 0 Å². The third kappa shape index (κ3) is 3.99. The molecule has 1 aromatic heterocycles. The van der Waals surface area contributed by atoms with Crippen molar-refractivity contribution in [2.24, 2.45) is 11.1 Å². The summed E-state index contributed by atoms with van der Waals surface area (Å²) in [6.45, 7) is 5.61. The predicted octanol–water partition coefficient (Wildman–Crippen LogP) is 3.33. The molecule has 6 nitrogen and oxygen atoms in total. The van der Waals surface area contributed by atoms with Crippen LogP contribution < -0.4 is 16.4 Å². The van der Waals surface area contributed by atoms with Crippen LogP contribution in [-0.4, -0.2) is 42.4 Å². The molecule has 1 aromatic carbocycles. The third-order valence-electron chi connectivity index (χ3n) is 5.19. The number of halogens is 2. The molecule has 0 atom stereocenters.